The molecule has 0 saturated carbocycles. The first-order valence-corrected chi connectivity index (χ1v) is 6.56. The normalized spacial score (nSPS) is 25.1. The highest BCUT2D eigenvalue weighted by atomic mass is 16.5. The molecule has 0 aliphatic carbocycles. The van der Waals surface area contributed by atoms with E-state index in [9.17, 15) is 0 Å². The van der Waals surface area contributed by atoms with Gasteiger partial charge < -0.3 is 10.1 Å². The maximum Gasteiger partial charge on any atom is 0.0594 e. The number of hydrogen-bond donors (Lipinski definition) is 1. The van der Waals surface area contributed by atoms with Gasteiger partial charge in [-0.3, -0.25) is 4.90 Å². The molecule has 0 aromatic heterocycles. The van der Waals surface area contributed by atoms with Crippen LogP contribution in [0.5, 0.6) is 0 Å². The zero-order valence-corrected chi connectivity index (χ0v) is 10.2. The van der Waals surface area contributed by atoms with Crippen molar-refractivity contribution in [1.82, 2.24) is 4.90 Å². The van der Waals surface area contributed by atoms with Gasteiger partial charge in [0.1, 0.15) is 0 Å². The van der Waals surface area contributed by atoms with Gasteiger partial charge in [-0.1, -0.05) is 18.2 Å². The maximum absolute atomic E-state index is 5.40. The van der Waals surface area contributed by atoms with Crippen molar-refractivity contribution in [1.29, 1.82) is 0 Å². The minimum absolute atomic E-state index is 0.686. The van der Waals surface area contributed by atoms with Crippen molar-refractivity contribution in [2.45, 2.75) is 12.3 Å². The quantitative estimate of drug-likeness (QED) is 0.843. The number of rotatable bonds is 2. The van der Waals surface area contributed by atoms with E-state index >= 15 is 0 Å². The Kier molecular flexibility index (Phi) is 3.29. The van der Waals surface area contributed by atoms with E-state index in [1.165, 1.54) is 24.2 Å². The van der Waals surface area contributed by atoms with Gasteiger partial charge in [-0.05, 0) is 18.1 Å². The number of morpholine rings is 1. The molecule has 1 fully saturated rings. The van der Waals surface area contributed by atoms with E-state index in [2.05, 4.69) is 34.5 Å². The zero-order valence-electron chi connectivity index (χ0n) is 10.2. The number of para-hydroxylation sites is 1. The Bertz CT molecular complexity index is 374. The molecule has 0 spiro atoms. The van der Waals surface area contributed by atoms with Crippen LogP contribution >= 0.6 is 0 Å². The summed E-state index contributed by atoms with van der Waals surface area (Å²) >= 11 is 0. The third kappa shape index (κ3) is 2.45. The third-order valence-electron chi connectivity index (χ3n) is 3.79. The predicted molar refractivity (Wildman–Crippen MR) is 69.5 cm³/mol. The first-order valence-electron chi connectivity index (χ1n) is 6.56. The third-order valence-corrected chi connectivity index (χ3v) is 3.79. The van der Waals surface area contributed by atoms with Gasteiger partial charge in [-0.15, -0.1) is 0 Å². The first kappa shape index (κ1) is 11.1. The predicted octanol–water partition coefficient (Wildman–Crippen LogP) is 1.92. The Morgan fingerprint density at radius 3 is 2.94 bits per heavy atom. The van der Waals surface area contributed by atoms with Crippen LogP contribution in [0.4, 0.5) is 5.69 Å². The van der Waals surface area contributed by atoms with Crippen molar-refractivity contribution < 1.29 is 4.74 Å². The van der Waals surface area contributed by atoms with E-state index in [4.69, 9.17) is 4.74 Å². The number of nitrogens with one attached hydrogen (secondary N) is 1. The lowest BCUT2D eigenvalue weighted by atomic mass is 9.90. The summed E-state index contributed by atoms with van der Waals surface area (Å²) in [7, 11) is 0. The topological polar surface area (TPSA) is 24.5 Å². The van der Waals surface area contributed by atoms with Crippen LogP contribution in [0.2, 0.25) is 0 Å². The molecule has 1 aromatic rings. The molecule has 0 bridgehead atoms. The van der Waals surface area contributed by atoms with Gasteiger partial charge in [0.25, 0.3) is 0 Å². The number of anilines is 1. The van der Waals surface area contributed by atoms with E-state index in [1.54, 1.807) is 0 Å². The monoisotopic (exact) mass is 232 g/mol. The molecule has 3 rings (SSSR count). The van der Waals surface area contributed by atoms with Crippen molar-refractivity contribution >= 4 is 5.69 Å². The molecule has 1 N–H and O–H groups in total. The molecule has 1 atom stereocenters. The van der Waals surface area contributed by atoms with Crippen LogP contribution in [0.25, 0.3) is 0 Å². The van der Waals surface area contributed by atoms with Crippen molar-refractivity contribution in [2.24, 2.45) is 0 Å². The highest BCUT2D eigenvalue weighted by molar-refractivity contribution is 5.54. The van der Waals surface area contributed by atoms with E-state index in [1.807, 2.05) is 0 Å². The zero-order chi connectivity index (χ0) is 11.5. The second kappa shape index (κ2) is 5.07. The van der Waals surface area contributed by atoms with Gasteiger partial charge >= 0.3 is 0 Å². The molecular weight excluding hydrogens is 212 g/mol. The standard InChI is InChI=1S/C14H20N2O/c1-2-4-14-13(3-1)12(5-6-15-14)11-16-7-9-17-10-8-16/h1-4,12,15H,5-11H2. The second-order valence-corrected chi connectivity index (χ2v) is 4.91. The minimum atomic E-state index is 0.686. The van der Waals surface area contributed by atoms with Crippen LogP contribution in [-0.2, 0) is 4.74 Å². The smallest absolute Gasteiger partial charge is 0.0594 e. The second-order valence-electron chi connectivity index (χ2n) is 4.91. The fraction of sp³-hybridized carbons (Fsp3) is 0.571. The maximum atomic E-state index is 5.40. The Balaban J connectivity index is 1.71. The lowest BCUT2D eigenvalue weighted by Crippen LogP contribution is -2.39. The SMILES string of the molecule is c1ccc2c(c1)NCCC2CN1CCOCC1. The molecule has 17 heavy (non-hydrogen) atoms. The summed E-state index contributed by atoms with van der Waals surface area (Å²) < 4.78 is 5.40. The number of hydrogen-bond acceptors (Lipinski definition) is 3. The van der Waals surface area contributed by atoms with E-state index < -0.39 is 0 Å². The summed E-state index contributed by atoms with van der Waals surface area (Å²) in [5.74, 6) is 0.686. The summed E-state index contributed by atoms with van der Waals surface area (Å²) in [6, 6.07) is 8.73. The summed E-state index contributed by atoms with van der Waals surface area (Å²) in [6.07, 6.45) is 1.24. The first-order chi connectivity index (χ1) is 8.43. The fourth-order valence-corrected chi connectivity index (χ4v) is 2.84. The average Bonchev–Trinajstić information content (AvgIpc) is 2.40. The Morgan fingerprint density at radius 1 is 1.24 bits per heavy atom. The molecule has 0 radical (unpaired) electrons. The summed E-state index contributed by atoms with van der Waals surface area (Å²) in [4.78, 5) is 2.54. The lowest BCUT2D eigenvalue weighted by molar-refractivity contribution is 0.0347. The van der Waals surface area contributed by atoms with Crippen molar-refractivity contribution in [3.05, 3.63) is 29.8 Å². The molecule has 3 heteroatoms. The van der Waals surface area contributed by atoms with Crippen LogP contribution in [0.15, 0.2) is 24.3 Å². The molecule has 0 amide bonds. The van der Waals surface area contributed by atoms with Crippen LogP contribution in [0.3, 0.4) is 0 Å². The molecule has 2 aliphatic heterocycles. The largest absolute Gasteiger partial charge is 0.385 e. The van der Waals surface area contributed by atoms with Crippen LogP contribution in [0, 0.1) is 0 Å². The van der Waals surface area contributed by atoms with Gasteiger partial charge in [0.2, 0.25) is 0 Å². The molecule has 1 saturated heterocycles. The number of nitrogens with zero attached hydrogens (tertiary/aromatic N) is 1. The highest BCUT2D eigenvalue weighted by Crippen LogP contribution is 2.31. The van der Waals surface area contributed by atoms with Gasteiger partial charge in [-0.2, -0.15) is 0 Å². The van der Waals surface area contributed by atoms with Gasteiger partial charge in [-0.25, -0.2) is 0 Å². The summed E-state index contributed by atoms with van der Waals surface area (Å²) in [6.45, 7) is 6.26. The number of fused-ring (bicyclic) bond motifs is 1. The van der Waals surface area contributed by atoms with Crippen molar-refractivity contribution in [3.8, 4) is 0 Å². The van der Waals surface area contributed by atoms with E-state index in [0.717, 1.165) is 32.8 Å². The Morgan fingerprint density at radius 2 is 2.06 bits per heavy atom. The van der Waals surface area contributed by atoms with Gasteiger partial charge in [0, 0.05) is 37.8 Å². The van der Waals surface area contributed by atoms with Gasteiger partial charge in [0.15, 0.2) is 0 Å². The minimum Gasteiger partial charge on any atom is -0.385 e. The van der Waals surface area contributed by atoms with Gasteiger partial charge in [0.05, 0.1) is 13.2 Å². The molecule has 2 aliphatic rings. The number of benzene rings is 1. The average molecular weight is 232 g/mol. The molecule has 1 aromatic carbocycles. The van der Waals surface area contributed by atoms with Crippen LogP contribution < -0.4 is 5.32 Å². The molecule has 1 unspecified atom stereocenters. The number of ether oxygens (including phenoxy) is 1. The van der Waals surface area contributed by atoms with E-state index in [0.29, 0.717) is 5.92 Å². The molecule has 92 valence electrons. The van der Waals surface area contributed by atoms with Crippen molar-refractivity contribution in [3.63, 3.8) is 0 Å². The van der Waals surface area contributed by atoms with E-state index in [-0.39, 0.29) is 0 Å². The Labute approximate surface area is 103 Å². The Hall–Kier alpha value is -1.06. The lowest BCUT2D eigenvalue weighted by Gasteiger charge is -2.33. The molecule has 2 heterocycles. The highest BCUT2D eigenvalue weighted by Gasteiger charge is 2.22. The van der Waals surface area contributed by atoms with Crippen LogP contribution in [-0.4, -0.2) is 44.3 Å². The molecular formula is C14H20N2O. The molecule has 3 nitrogen and oxygen atoms in total. The van der Waals surface area contributed by atoms with Crippen molar-refractivity contribution in [2.75, 3.05) is 44.7 Å². The summed E-state index contributed by atoms with van der Waals surface area (Å²) in [5.41, 5.74) is 2.82. The fourth-order valence-electron chi connectivity index (χ4n) is 2.84. The van der Waals surface area contributed by atoms with Crippen LogP contribution in [0.1, 0.15) is 17.9 Å². The summed E-state index contributed by atoms with van der Waals surface area (Å²) in [5, 5.41) is 3.49.